The minimum absolute atomic E-state index is 0.0494. The first-order valence-electron chi connectivity index (χ1n) is 10.8. The van der Waals surface area contributed by atoms with Crippen LogP contribution in [0.25, 0.3) is 6.08 Å². The molecule has 1 aromatic heterocycles. The van der Waals surface area contributed by atoms with Crippen molar-refractivity contribution in [2.24, 2.45) is 11.8 Å². The van der Waals surface area contributed by atoms with Crippen molar-refractivity contribution in [3.63, 3.8) is 0 Å². The number of amides is 3. The van der Waals surface area contributed by atoms with E-state index in [1.807, 2.05) is 17.0 Å². The van der Waals surface area contributed by atoms with Gasteiger partial charge >= 0.3 is 6.03 Å². The Morgan fingerprint density at radius 2 is 2.13 bits per heavy atom. The number of urea groups is 1. The lowest BCUT2D eigenvalue weighted by Gasteiger charge is -2.32. The highest BCUT2D eigenvalue weighted by Crippen LogP contribution is 2.47. The summed E-state index contributed by atoms with van der Waals surface area (Å²) in [5, 5.41) is 5.44. The summed E-state index contributed by atoms with van der Waals surface area (Å²) < 4.78 is 19.0. The third kappa shape index (κ3) is 5.75. The van der Waals surface area contributed by atoms with Crippen molar-refractivity contribution in [2.45, 2.75) is 32.1 Å². The van der Waals surface area contributed by atoms with Gasteiger partial charge in [0.1, 0.15) is 17.3 Å². The van der Waals surface area contributed by atoms with Crippen molar-refractivity contribution < 1.29 is 18.4 Å². The van der Waals surface area contributed by atoms with Crippen molar-refractivity contribution in [1.82, 2.24) is 10.2 Å². The summed E-state index contributed by atoms with van der Waals surface area (Å²) in [6.45, 7) is 3.96. The van der Waals surface area contributed by atoms with Crippen molar-refractivity contribution in [3.05, 3.63) is 59.8 Å². The molecule has 3 unspecified atom stereocenters. The van der Waals surface area contributed by atoms with Crippen LogP contribution in [0.15, 0.2) is 46.9 Å². The summed E-state index contributed by atoms with van der Waals surface area (Å²) in [7, 11) is 0. The molecule has 164 valence electrons. The van der Waals surface area contributed by atoms with Gasteiger partial charge in [0, 0.05) is 37.3 Å². The Labute approximate surface area is 181 Å². The Morgan fingerprint density at radius 1 is 1.29 bits per heavy atom. The predicted octanol–water partition coefficient (Wildman–Crippen LogP) is 4.62. The second-order valence-electron chi connectivity index (χ2n) is 8.53. The third-order valence-electron chi connectivity index (χ3n) is 5.98. The van der Waals surface area contributed by atoms with Gasteiger partial charge in [0.2, 0.25) is 5.91 Å². The second-order valence-corrected chi connectivity index (χ2v) is 8.53. The highest BCUT2D eigenvalue weighted by atomic mass is 19.1. The van der Waals surface area contributed by atoms with E-state index < -0.39 is 5.82 Å². The fourth-order valence-electron chi connectivity index (χ4n) is 4.05. The molecular formula is C24H28FN3O3. The lowest BCUT2D eigenvalue weighted by Crippen LogP contribution is -2.43. The molecule has 1 aromatic carbocycles. The molecule has 0 radical (unpaired) electrons. The highest BCUT2D eigenvalue weighted by molar-refractivity contribution is 5.91. The SMILES string of the molecule is CC1CC1c1ccc(/C=C/C(=O)N2CCCC(CNC(=O)Nc3cccc(F)c3)C2)o1. The van der Waals surface area contributed by atoms with Crippen LogP contribution in [0.5, 0.6) is 0 Å². The van der Waals surface area contributed by atoms with Crippen LogP contribution >= 0.6 is 0 Å². The van der Waals surface area contributed by atoms with E-state index in [1.54, 1.807) is 24.3 Å². The van der Waals surface area contributed by atoms with Gasteiger partial charge in [0.15, 0.2) is 0 Å². The fourth-order valence-corrected chi connectivity index (χ4v) is 4.05. The van der Waals surface area contributed by atoms with Crippen LogP contribution in [0.4, 0.5) is 14.9 Å². The zero-order chi connectivity index (χ0) is 21.8. The van der Waals surface area contributed by atoms with E-state index in [9.17, 15) is 14.0 Å². The molecule has 7 heteroatoms. The maximum absolute atomic E-state index is 13.2. The number of halogens is 1. The number of hydrogen-bond donors (Lipinski definition) is 2. The molecule has 2 N–H and O–H groups in total. The molecule has 2 heterocycles. The van der Waals surface area contributed by atoms with Gasteiger partial charge in [-0.25, -0.2) is 9.18 Å². The van der Waals surface area contributed by atoms with Crippen LogP contribution in [-0.2, 0) is 4.79 Å². The molecule has 1 aliphatic carbocycles. The average Bonchev–Trinajstić information content (AvgIpc) is 3.30. The van der Waals surface area contributed by atoms with E-state index in [4.69, 9.17) is 4.42 Å². The van der Waals surface area contributed by atoms with Gasteiger partial charge in [-0.15, -0.1) is 0 Å². The van der Waals surface area contributed by atoms with Gasteiger partial charge in [-0.05, 0) is 67.5 Å². The largest absolute Gasteiger partial charge is 0.461 e. The molecule has 2 aromatic rings. The van der Waals surface area contributed by atoms with Crippen LogP contribution < -0.4 is 10.6 Å². The number of furan rings is 1. The lowest BCUT2D eigenvalue weighted by molar-refractivity contribution is -0.127. The van der Waals surface area contributed by atoms with E-state index >= 15 is 0 Å². The molecule has 31 heavy (non-hydrogen) atoms. The summed E-state index contributed by atoms with van der Waals surface area (Å²) in [6.07, 6.45) is 6.29. The topological polar surface area (TPSA) is 74.6 Å². The maximum Gasteiger partial charge on any atom is 0.319 e. The molecule has 1 aliphatic heterocycles. The number of piperidine rings is 1. The average molecular weight is 426 g/mol. The van der Waals surface area contributed by atoms with Crippen LogP contribution in [0.2, 0.25) is 0 Å². The van der Waals surface area contributed by atoms with Gasteiger partial charge in [0.25, 0.3) is 0 Å². The number of benzene rings is 1. The first kappa shape index (κ1) is 21.2. The van der Waals surface area contributed by atoms with E-state index in [0.29, 0.717) is 42.9 Å². The Bertz CT molecular complexity index is 970. The zero-order valence-electron chi connectivity index (χ0n) is 17.6. The molecule has 4 rings (SSSR count). The molecular weight excluding hydrogens is 397 g/mol. The summed E-state index contributed by atoms with van der Waals surface area (Å²) in [6, 6.07) is 9.28. The number of hydrogen-bond acceptors (Lipinski definition) is 3. The Kier molecular flexibility index (Phi) is 6.39. The normalized spacial score (nSPS) is 23.0. The molecule has 6 nitrogen and oxygen atoms in total. The summed E-state index contributed by atoms with van der Waals surface area (Å²) in [4.78, 5) is 26.5. The molecule has 3 atom stereocenters. The Balaban J connectivity index is 1.23. The first-order valence-corrected chi connectivity index (χ1v) is 10.8. The third-order valence-corrected chi connectivity index (χ3v) is 5.98. The lowest BCUT2D eigenvalue weighted by atomic mass is 9.98. The number of likely N-dealkylation sites (tertiary alicyclic amines) is 1. The number of carbonyl (C=O) groups is 2. The summed E-state index contributed by atoms with van der Waals surface area (Å²) in [5.41, 5.74) is 0.403. The fraction of sp³-hybridized carbons (Fsp3) is 0.417. The van der Waals surface area contributed by atoms with Crippen molar-refractivity contribution in [2.75, 3.05) is 25.0 Å². The zero-order valence-corrected chi connectivity index (χ0v) is 17.6. The molecule has 2 aliphatic rings. The van der Waals surface area contributed by atoms with E-state index in [2.05, 4.69) is 17.6 Å². The maximum atomic E-state index is 13.2. The van der Waals surface area contributed by atoms with Gasteiger partial charge in [-0.2, -0.15) is 0 Å². The number of anilines is 1. The number of nitrogens with one attached hydrogen (secondary N) is 2. The van der Waals surface area contributed by atoms with Crippen molar-refractivity contribution in [3.8, 4) is 0 Å². The quantitative estimate of drug-likeness (QED) is 0.664. The van der Waals surface area contributed by atoms with E-state index in [1.165, 1.54) is 18.6 Å². The van der Waals surface area contributed by atoms with Crippen LogP contribution in [0.3, 0.4) is 0 Å². The number of carbonyl (C=O) groups excluding carboxylic acids is 2. The highest BCUT2D eigenvalue weighted by Gasteiger charge is 2.36. The minimum Gasteiger partial charge on any atom is -0.461 e. The Morgan fingerprint density at radius 3 is 2.90 bits per heavy atom. The monoisotopic (exact) mass is 425 g/mol. The van der Waals surface area contributed by atoms with Crippen LogP contribution in [0.1, 0.15) is 43.6 Å². The van der Waals surface area contributed by atoms with Gasteiger partial charge in [-0.1, -0.05) is 13.0 Å². The van der Waals surface area contributed by atoms with Crippen molar-refractivity contribution in [1.29, 1.82) is 0 Å². The summed E-state index contributed by atoms with van der Waals surface area (Å²) >= 11 is 0. The second kappa shape index (κ2) is 9.37. The first-order chi connectivity index (χ1) is 15.0. The number of rotatable bonds is 6. The molecule has 0 bridgehead atoms. The molecule has 0 spiro atoms. The van der Waals surface area contributed by atoms with E-state index in [0.717, 1.165) is 18.6 Å². The van der Waals surface area contributed by atoms with Crippen LogP contribution in [-0.4, -0.2) is 36.5 Å². The standard InChI is InChI=1S/C24H28FN3O3/c1-16-12-21(16)22-9-7-20(31-22)8-10-23(29)28-11-3-4-17(15-28)14-26-24(30)27-19-6-2-5-18(25)13-19/h2,5-10,13,16-17,21H,3-4,11-12,14-15H2,1H3,(H2,26,27,30)/b10-8+. The van der Waals surface area contributed by atoms with Crippen LogP contribution in [0, 0.1) is 17.7 Å². The predicted molar refractivity (Wildman–Crippen MR) is 117 cm³/mol. The molecule has 1 saturated carbocycles. The molecule has 1 saturated heterocycles. The van der Waals surface area contributed by atoms with Crippen molar-refractivity contribution >= 4 is 23.7 Å². The number of nitrogens with zero attached hydrogens (tertiary/aromatic N) is 1. The smallest absolute Gasteiger partial charge is 0.319 e. The summed E-state index contributed by atoms with van der Waals surface area (Å²) in [5.74, 6) is 2.63. The molecule has 2 fully saturated rings. The van der Waals surface area contributed by atoms with Gasteiger partial charge in [-0.3, -0.25) is 4.79 Å². The minimum atomic E-state index is -0.403. The molecule has 3 amide bonds. The Hall–Kier alpha value is -3.09. The van der Waals surface area contributed by atoms with E-state index in [-0.39, 0.29) is 17.9 Å². The van der Waals surface area contributed by atoms with Gasteiger partial charge in [0.05, 0.1) is 0 Å². The van der Waals surface area contributed by atoms with Gasteiger partial charge < -0.3 is 20.0 Å².